The number of hydrogen-bond donors (Lipinski definition) is 0. The zero-order chi connectivity index (χ0) is 11.7. The van der Waals surface area contributed by atoms with Gasteiger partial charge in [0.1, 0.15) is 0 Å². The van der Waals surface area contributed by atoms with E-state index in [1.54, 1.807) is 26.0 Å². The van der Waals surface area contributed by atoms with Gasteiger partial charge in [-0.15, -0.1) is 0 Å². The summed E-state index contributed by atoms with van der Waals surface area (Å²) in [6.07, 6.45) is 0. The highest BCUT2D eigenvalue weighted by atomic mass is 35.5. The fourth-order valence-electron chi connectivity index (χ4n) is 1.52. The molecule has 4 heteroatoms. The fourth-order valence-corrected chi connectivity index (χ4v) is 1.64. The van der Waals surface area contributed by atoms with E-state index in [0.717, 1.165) is 0 Å². The standard InChI is InChI=1S/C12H11ClN2O/c1-8-11(13)9(2)15(14-8)12(16)10-6-4-3-5-7-10/h3-7H,1-2H3. The van der Waals surface area contributed by atoms with Crippen molar-refractivity contribution in [2.24, 2.45) is 0 Å². The number of rotatable bonds is 1. The van der Waals surface area contributed by atoms with Crippen molar-refractivity contribution in [2.45, 2.75) is 13.8 Å². The van der Waals surface area contributed by atoms with Crippen LogP contribution in [-0.4, -0.2) is 15.7 Å². The summed E-state index contributed by atoms with van der Waals surface area (Å²) >= 11 is 5.99. The number of carbonyl (C=O) groups is 1. The van der Waals surface area contributed by atoms with Crippen molar-refractivity contribution in [3.8, 4) is 0 Å². The summed E-state index contributed by atoms with van der Waals surface area (Å²) in [7, 11) is 0. The van der Waals surface area contributed by atoms with Crippen molar-refractivity contribution >= 4 is 17.5 Å². The molecule has 2 rings (SSSR count). The maximum Gasteiger partial charge on any atom is 0.278 e. The Morgan fingerprint density at radius 2 is 1.88 bits per heavy atom. The molecule has 0 N–H and O–H groups in total. The van der Waals surface area contributed by atoms with E-state index >= 15 is 0 Å². The molecule has 0 spiro atoms. The van der Waals surface area contributed by atoms with Crippen LogP contribution in [0.5, 0.6) is 0 Å². The molecule has 1 aromatic carbocycles. The van der Waals surface area contributed by atoms with E-state index in [0.29, 0.717) is 22.0 Å². The lowest BCUT2D eigenvalue weighted by atomic mass is 10.2. The van der Waals surface area contributed by atoms with Gasteiger partial charge in [0.2, 0.25) is 0 Å². The Bertz CT molecular complexity index is 531. The molecule has 0 saturated carbocycles. The van der Waals surface area contributed by atoms with Crippen molar-refractivity contribution < 1.29 is 4.79 Å². The summed E-state index contributed by atoms with van der Waals surface area (Å²) in [6, 6.07) is 9.02. The van der Waals surface area contributed by atoms with E-state index < -0.39 is 0 Å². The Morgan fingerprint density at radius 3 is 2.38 bits per heavy atom. The smallest absolute Gasteiger partial charge is 0.267 e. The maximum atomic E-state index is 12.1. The van der Waals surface area contributed by atoms with Gasteiger partial charge in [0, 0.05) is 5.56 Å². The van der Waals surface area contributed by atoms with E-state index in [4.69, 9.17) is 11.6 Å². The van der Waals surface area contributed by atoms with Gasteiger partial charge in [0.05, 0.1) is 16.4 Å². The average molecular weight is 235 g/mol. The van der Waals surface area contributed by atoms with Gasteiger partial charge in [-0.3, -0.25) is 4.79 Å². The van der Waals surface area contributed by atoms with Crippen LogP contribution in [0, 0.1) is 13.8 Å². The van der Waals surface area contributed by atoms with Crippen LogP contribution in [-0.2, 0) is 0 Å². The van der Waals surface area contributed by atoms with Gasteiger partial charge < -0.3 is 0 Å². The third-order valence-electron chi connectivity index (χ3n) is 2.42. The van der Waals surface area contributed by atoms with Crippen molar-refractivity contribution in [3.63, 3.8) is 0 Å². The predicted octanol–water partition coefficient (Wildman–Crippen LogP) is 2.84. The second-order valence-corrected chi connectivity index (χ2v) is 3.95. The Labute approximate surface area is 98.7 Å². The van der Waals surface area contributed by atoms with Crippen LogP contribution in [0.25, 0.3) is 0 Å². The second kappa shape index (κ2) is 4.10. The zero-order valence-corrected chi connectivity index (χ0v) is 9.82. The number of benzene rings is 1. The molecule has 1 aromatic heterocycles. The van der Waals surface area contributed by atoms with E-state index in [2.05, 4.69) is 5.10 Å². The Kier molecular flexibility index (Phi) is 2.79. The normalized spacial score (nSPS) is 10.4. The molecule has 82 valence electrons. The minimum atomic E-state index is -0.159. The SMILES string of the molecule is Cc1nn(C(=O)c2ccccc2)c(C)c1Cl. The monoisotopic (exact) mass is 234 g/mol. The molecular weight excluding hydrogens is 224 g/mol. The van der Waals surface area contributed by atoms with Crippen LogP contribution in [0.15, 0.2) is 30.3 Å². The first-order chi connectivity index (χ1) is 7.61. The quantitative estimate of drug-likeness (QED) is 0.761. The number of nitrogens with zero attached hydrogens (tertiary/aromatic N) is 2. The topological polar surface area (TPSA) is 34.9 Å². The molecule has 0 saturated heterocycles. The number of aromatic nitrogens is 2. The Balaban J connectivity index is 2.46. The van der Waals surface area contributed by atoms with Gasteiger partial charge in [-0.2, -0.15) is 9.78 Å². The van der Waals surface area contributed by atoms with Gasteiger partial charge in [0.25, 0.3) is 5.91 Å². The predicted molar refractivity (Wildman–Crippen MR) is 62.9 cm³/mol. The number of halogens is 1. The molecule has 0 aliphatic carbocycles. The van der Waals surface area contributed by atoms with Crippen LogP contribution in [0.2, 0.25) is 5.02 Å². The summed E-state index contributed by atoms with van der Waals surface area (Å²) in [5, 5.41) is 4.67. The fraction of sp³-hybridized carbons (Fsp3) is 0.167. The zero-order valence-electron chi connectivity index (χ0n) is 9.07. The number of hydrogen-bond acceptors (Lipinski definition) is 2. The summed E-state index contributed by atoms with van der Waals surface area (Å²) in [5.74, 6) is -0.159. The van der Waals surface area contributed by atoms with Gasteiger partial charge in [-0.1, -0.05) is 29.8 Å². The highest BCUT2D eigenvalue weighted by Gasteiger charge is 2.16. The highest BCUT2D eigenvalue weighted by molar-refractivity contribution is 6.32. The summed E-state index contributed by atoms with van der Waals surface area (Å²) in [4.78, 5) is 12.1. The molecule has 0 radical (unpaired) electrons. The molecule has 0 amide bonds. The molecule has 1 heterocycles. The molecule has 0 unspecified atom stereocenters. The molecule has 3 nitrogen and oxygen atoms in total. The molecule has 0 aliphatic heterocycles. The largest absolute Gasteiger partial charge is 0.278 e. The molecule has 0 atom stereocenters. The minimum absolute atomic E-state index is 0.159. The first-order valence-corrected chi connectivity index (χ1v) is 5.30. The summed E-state index contributed by atoms with van der Waals surface area (Å²) in [5.41, 5.74) is 1.95. The van der Waals surface area contributed by atoms with Gasteiger partial charge >= 0.3 is 0 Å². The van der Waals surface area contributed by atoms with Crippen molar-refractivity contribution in [1.29, 1.82) is 0 Å². The molecule has 16 heavy (non-hydrogen) atoms. The number of carbonyl (C=O) groups excluding carboxylic acids is 1. The van der Waals surface area contributed by atoms with Crippen LogP contribution >= 0.6 is 11.6 Å². The van der Waals surface area contributed by atoms with Gasteiger partial charge in [0.15, 0.2) is 0 Å². The first-order valence-electron chi connectivity index (χ1n) is 4.92. The molecule has 0 fully saturated rings. The first kappa shape index (κ1) is 10.9. The van der Waals surface area contributed by atoms with E-state index in [1.807, 2.05) is 18.2 Å². The van der Waals surface area contributed by atoms with Crippen molar-refractivity contribution in [3.05, 3.63) is 52.3 Å². The summed E-state index contributed by atoms with van der Waals surface area (Å²) in [6.45, 7) is 3.56. The van der Waals surface area contributed by atoms with Crippen LogP contribution in [0.3, 0.4) is 0 Å². The molecule has 2 aromatic rings. The third kappa shape index (κ3) is 1.74. The van der Waals surface area contributed by atoms with Gasteiger partial charge in [-0.05, 0) is 26.0 Å². The third-order valence-corrected chi connectivity index (χ3v) is 2.96. The minimum Gasteiger partial charge on any atom is -0.267 e. The van der Waals surface area contributed by atoms with Crippen LogP contribution in [0.4, 0.5) is 0 Å². The van der Waals surface area contributed by atoms with E-state index in [-0.39, 0.29) is 5.91 Å². The lowest BCUT2D eigenvalue weighted by molar-refractivity contribution is 0.0942. The average Bonchev–Trinajstić information content (AvgIpc) is 2.57. The van der Waals surface area contributed by atoms with E-state index in [1.165, 1.54) is 4.68 Å². The Hall–Kier alpha value is -1.61. The lowest BCUT2D eigenvalue weighted by Crippen LogP contribution is -2.15. The van der Waals surface area contributed by atoms with E-state index in [9.17, 15) is 4.79 Å². The van der Waals surface area contributed by atoms with Crippen LogP contribution < -0.4 is 0 Å². The van der Waals surface area contributed by atoms with Crippen LogP contribution in [0.1, 0.15) is 21.7 Å². The summed E-state index contributed by atoms with van der Waals surface area (Å²) < 4.78 is 1.34. The molecule has 0 aliphatic rings. The van der Waals surface area contributed by atoms with Crippen molar-refractivity contribution in [1.82, 2.24) is 9.78 Å². The van der Waals surface area contributed by atoms with Crippen molar-refractivity contribution in [2.75, 3.05) is 0 Å². The number of aryl methyl sites for hydroxylation is 1. The highest BCUT2D eigenvalue weighted by Crippen LogP contribution is 2.19. The second-order valence-electron chi connectivity index (χ2n) is 3.57. The molecule has 0 bridgehead atoms. The molecular formula is C12H11ClN2O. The maximum absolute atomic E-state index is 12.1. The van der Waals surface area contributed by atoms with Gasteiger partial charge in [-0.25, -0.2) is 0 Å². The lowest BCUT2D eigenvalue weighted by Gasteiger charge is -2.02. The Morgan fingerprint density at radius 1 is 1.25 bits per heavy atom.